The molecule has 42 heavy (non-hydrogen) atoms. The standard InChI is InChI=1S/C26H24Cl6O10/c1-3-5-7-15(23(33)34)39-21-17(31)11(27)9-13(29)19(21)41-25(37)26(38)42-20-14(30)10-12(28)18(32)22(20)40-16(24(35)36)8-6-4-2/h9-10,15-16H,3-8H2,1-2H3,(H,33,34)(H,35,36). The molecule has 2 aromatic carbocycles. The van der Waals surface area contributed by atoms with Crippen LogP contribution in [0.5, 0.6) is 23.0 Å². The predicted octanol–water partition coefficient (Wildman–Crippen LogP) is 8.16. The van der Waals surface area contributed by atoms with Crippen LogP contribution in [0.4, 0.5) is 0 Å². The number of aliphatic carboxylic acids is 2. The monoisotopic (exact) mass is 706 g/mol. The van der Waals surface area contributed by atoms with Crippen LogP contribution in [0, 0.1) is 0 Å². The van der Waals surface area contributed by atoms with E-state index >= 15 is 0 Å². The van der Waals surface area contributed by atoms with Crippen molar-refractivity contribution in [1.82, 2.24) is 0 Å². The van der Waals surface area contributed by atoms with E-state index in [0.29, 0.717) is 25.7 Å². The summed E-state index contributed by atoms with van der Waals surface area (Å²) in [6, 6.07) is 2.16. The summed E-state index contributed by atoms with van der Waals surface area (Å²) in [5, 5.41) is 17.4. The summed E-state index contributed by atoms with van der Waals surface area (Å²) in [4.78, 5) is 49.1. The highest BCUT2D eigenvalue weighted by molar-refractivity contribution is 6.46. The molecule has 2 N–H and O–H groups in total. The van der Waals surface area contributed by atoms with Crippen molar-refractivity contribution in [3.8, 4) is 23.0 Å². The lowest BCUT2D eigenvalue weighted by atomic mass is 10.1. The van der Waals surface area contributed by atoms with Crippen molar-refractivity contribution < 1.29 is 48.3 Å². The summed E-state index contributed by atoms with van der Waals surface area (Å²) in [6.07, 6.45) is -0.469. The summed E-state index contributed by atoms with van der Waals surface area (Å²) in [7, 11) is 0. The third-order valence-electron chi connectivity index (χ3n) is 5.44. The number of ether oxygens (including phenoxy) is 4. The molecule has 0 saturated carbocycles. The second-order valence-electron chi connectivity index (χ2n) is 8.58. The van der Waals surface area contributed by atoms with Crippen LogP contribution in [0.1, 0.15) is 52.4 Å². The molecule has 16 heteroatoms. The largest absolute Gasteiger partial charge is 0.479 e. The molecule has 0 bridgehead atoms. The van der Waals surface area contributed by atoms with E-state index in [2.05, 4.69) is 0 Å². The Hall–Kier alpha value is -2.34. The van der Waals surface area contributed by atoms with Crippen molar-refractivity contribution in [3.05, 3.63) is 42.3 Å². The van der Waals surface area contributed by atoms with Crippen LogP contribution in [0.25, 0.3) is 0 Å². The van der Waals surface area contributed by atoms with E-state index in [9.17, 15) is 29.4 Å². The van der Waals surface area contributed by atoms with Gasteiger partial charge in [0.15, 0.2) is 35.2 Å². The first kappa shape index (κ1) is 35.9. The molecule has 2 rings (SSSR count). The lowest BCUT2D eigenvalue weighted by Gasteiger charge is -2.20. The van der Waals surface area contributed by atoms with Crippen molar-refractivity contribution >= 4 is 93.5 Å². The number of benzene rings is 2. The number of rotatable bonds is 14. The maximum absolute atomic E-state index is 12.8. The zero-order chi connectivity index (χ0) is 31.7. The second-order valence-corrected chi connectivity index (χ2v) is 11.0. The average Bonchev–Trinajstić information content (AvgIpc) is 2.92. The highest BCUT2D eigenvalue weighted by Crippen LogP contribution is 2.47. The van der Waals surface area contributed by atoms with Crippen LogP contribution in [0.2, 0.25) is 30.1 Å². The smallest absolute Gasteiger partial charge is 0.423 e. The van der Waals surface area contributed by atoms with Crippen LogP contribution >= 0.6 is 69.6 Å². The molecule has 0 fully saturated rings. The molecule has 0 aliphatic heterocycles. The molecular weight excluding hydrogens is 685 g/mol. The molecular formula is C26H24Cl6O10. The molecule has 2 atom stereocenters. The Labute approximate surface area is 270 Å². The van der Waals surface area contributed by atoms with Crippen molar-refractivity contribution in [2.75, 3.05) is 0 Å². The van der Waals surface area contributed by atoms with E-state index in [0.717, 1.165) is 12.1 Å². The Kier molecular flexibility index (Phi) is 14.1. The Morgan fingerprint density at radius 2 is 0.952 bits per heavy atom. The molecule has 0 aliphatic rings. The lowest BCUT2D eigenvalue weighted by Crippen LogP contribution is -2.29. The van der Waals surface area contributed by atoms with Crippen LogP contribution in [0.15, 0.2) is 12.1 Å². The van der Waals surface area contributed by atoms with Crippen molar-refractivity contribution in [2.24, 2.45) is 0 Å². The molecule has 230 valence electrons. The Bertz CT molecular complexity index is 1250. The Morgan fingerprint density at radius 1 is 0.619 bits per heavy atom. The topological polar surface area (TPSA) is 146 Å². The molecule has 0 radical (unpaired) electrons. The fourth-order valence-corrected chi connectivity index (χ4v) is 4.65. The van der Waals surface area contributed by atoms with E-state index < -0.39 is 59.1 Å². The number of halogens is 6. The number of carbonyl (C=O) groups is 4. The summed E-state index contributed by atoms with van der Waals surface area (Å²) in [5.41, 5.74) is 0. The molecule has 0 saturated heterocycles. The van der Waals surface area contributed by atoms with Gasteiger partial charge >= 0.3 is 23.9 Å². The number of unbranched alkanes of at least 4 members (excludes halogenated alkanes) is 2. The summed E-state index contributed by atoms with van der Waals surface area (Å²) in [5.74, 6) is -8.29. The van der Waals surface area contributed by atoms with Gasteiger partial charge < -0.3 is 29.2 Å². The van der Waals surface area contributed by atoms with E-state index in [1.807, 2.05) is 13.8 Å². The zero-order valence-electron chi connectivity index (χ0n) is 22.0. The normalized spacial score (nSPS) is 12.3. The van der Waals surface area contributed by atoms with Crippen molar-refractivity contribution in [1.29, 1.82) is 0 Å². The summed E-state index contributed by atoms with van der Waals surface area (Å²) >= 11 is 36.9. The first-order valence-corrected chi connectivity index (χ1v) is 14.6. The van der Waals surface area contributed by atoms with Crippen LogP contribution in [0.3, 0.4) is 0 Å². The fraction of sp³-hybridized carbons (Fsp3) is 0.385. The Balaban J connectivity index is 2.43. The van der Waals surface area contributed by atoms with Crippen molar-refractivity contribution in [2.45, 2.75) is 64.6 Å². The molecule has 0 aromatic heterocycles. The van der Waals surface area contributed by atoms with Gasteiger partial charge in [0.05, 0.1) is 20.1 Å². The van der Waals surface area contributed by atoms with E-state index in [1.165, 1.54) is 0 Å². The lowest BCUT2D eigenvalue weighted by molar-refractivity contribution is -0.156. The van der Waals surface area contributed by atoms with Crippen LogP contribution in [-0.2, 0) is 19.2 Å². The molecule has 2 aromatic rings. The number of hydrogen-bond acceptors (Lipinski definition) is 8. The summed E-state index contributed by atoms with van der Waals surface area (Å²) < 4.78 is 21.2. The maximum Gasteiger partial charge on any atom is 0.423 e. The third kappa shape index (κ3) is 9.33. The first-order chi connectivity index (χ1) is 19.7. The third-order valence-corrected chi connectivity index (χ3v) is 7.54. The minimum absolute atomic E-state index is 0.0654. The van der Waals surface area contributed by atoms with Crippen LogP contribution < -0.4 is 18.9 Å². The predicted molar refractivity (Wildman–Crippen MR) is 157 cm³/mol. The first-order valence-electron chi connectivity index (χ1n) is 12.3. The highest BCUT2D eigenvalue weighted by atomic mass is 35.5. The van der Waals surface area contributed by atoms with Crippen LogP contribution in [-0.4, -0.2) is 46.3 Å². The van der Waals surface area contributed by atoms with Gasteiger partial charge in [-0.2, -0.15) is 0 Å². The molecule has 0 heterocycles. The van der Waals surface area contributed by atoms with Gasteiger partial charge in [0, 0.05) is 0 Å². The van der Waals surface area contributed by atoms with E-state index in [-0.39, 0.29) is 43.0 Å². The molecule has 0 amide bonds. The number of esters is 2. The number of carboxylic acids is 2. The van der Waals surface area contributed by atoms with Gasteiger partial charge in [-0.05, 0) is 37.8 Å². The van der Waals surface area contributed by atoms with Gasteiger partial charge in [0.1, 0.15) is 10.0 Å². The minimum atomic E-state index is -1.69. The SMILES string of the molecule is CCCCC(Oc1c(Cl)c(Cl)cc(Cl)c1OC(=O)C(=O)Oc1c(Cl)cc(Cl)c(Cl)c1OC(CCCC)C(=O)O)C(=O)O. The maximum atomic E-state index is 12.8. The van der Waals surface area contributed by atoms with Crippen molar-refractivity contribution in [3.63, 3.8) is 0 Å². The van der Waals surface area contributed by atoms with E-state index in [4.69, 9.17) is 88.6 Å². The molecule has 0 aliphatic carbocycles. The average molecular weight is 709 g/mol. The highest BCUT2D eigenvalue weighted by Gasteiger charge is 2.32. The number of hydrogen-bond donors (Lipinski definition) is 2. The Morgan fingerprint density at radius 3 is 1.24 bits per heavy atom. The van der Waals surface area contributed by atoms with Gasteiger partial charge in [-0.1, -0.05) is 96.3 Å². The van der Waals surface area contributed by atoms with Gasteiger partial charge in [0.2, 0.25) is 0 Å². The summed E-state index contributed by atoms with van der Waals surface area (Å²) in [6.45, 7) is 3.68. The minimum Gasteiger partial charge on any atom is -0.479 e. The fourth-order valence-electron chi connectivity index (χ4n) is 3.31. The molecule has 0 spiro atoms. The quantitative estimate of drug-likeness (QED) is 0.0853. The molecule has 10 nitrogen and oxygen atoms in total. The van der Waals surface area contributed by atoms with Gasteiger partial charge in [0.25, 0.3) is 0 Å². The number of carboxylic acid groups (broad SMARTS) is 2. The van der Waals surface area contributed by atoms with Gasteiger partial charge in [-0.15, -0.1) is 0 Å². The molecule has 2 unspecified atom stereocenters. The van der Waals surface area contributed by atoms with E-state index in [1.54, 1.807) is 0 Å². The van der Waals surface area contributed by atoms with Gasteiger partial charge in [-0.25, -0.2) is 19.2 Å². The van der Waals surface area contributed by atoms with Gasteiger partial charge in [-0.3, -0.25) is 0 Å². The number of carbonyl (C=O) groups excluding carboxylic acids is 2. The zero-order valence-corrected chi connectivity index (χ0v) is 26.5. The second kappa shape index (κ2) is 16.5.